The fourth-order valence-electron chi connectivity index (χ4n) is 2.51. The van der Waals surface area contributed by atoms with Crippen LogP contribution in [0.5, 0.6) is 11.5 Å². The highest BCUT2D eigenvalue weighted by atomic mass is 79.9. The second kappa shape index (κ2) is 9.43. The van der Waals surface area contributed by atoms with Gasteiger partial charge in [-0.15, -0.1) is 0 Å². The van der Waals surface area contributed by atoms with Crippen molar-refractivity contribution in [2.24, 2.45) is 0 Å². The minimum Gasteiger partial charge on any atom is -0.490 e. The van der Waals surface area contributed by atoms with Crippen molar-refractivity contribution in [2.45, 2.75) is 59.7 Å². The lowest BCUT2D eigenvalue weighted by atomic mass is 10.0. The third kappa shape index (κ3) is 5.75. The Labute approximate surface area is 166 Å². The molecule has 0 bridgehead atoms. The van der Waals surface area contributed by atoms with E-state index >= 15 is 0 Å². The van der Waals surface area contributed by atoms with Crippen LogP contribution in [0.25, 0.3) is 0 Å². The van der Waals surface area contributed by atoms with Crippen LogP contribution in [0.1, 0.15) is 50.8 Å². The molecule has 3 nitrogen and oxygen atoms in total. The van der Waals surface area contributed by atoms with E-state index in [2.05, 4.69) is 73.2 Å². The molecule has 26 heavy (non-hydrogen) atoms. The third-order valence-corrected chi connectivity index (χ3v) is 5.25. The Morgan fingerprint density at radius 2 is 1.81 bits per heavy atom. The van der Waals surface area contributed by atoms with Crippen LogP contribution in [0.4, 0.5) is 0 Å². The molecular weight excluding hydrogens is 390 g/mol. The maximum absolute atomic E-state index is 6.12. The van der Waals surface area contributed by atoms with E-state index < -0.39 is 0 Å². The first-order valence-corrected chi connectivity index (χ1v) is 10.0. The maximum atomic E-state index is 6.12. The van der Waals surface area contributed by atoms with Gasteiger partial charge < -0.3 is 14.8 Å². The highest BCUT2D eigenvalue weighted by Crippen LogP contribution is 2.37. The van der Waals surface area contributed by atoms with Crippen LogP contribution in [-0.4, -0.2) is 12.1 Å². The summed E-state index contributed by atoms with van der Waals surface area (Å²) in [5, 5.41) is 3.59. The number of rotatable bonds is 9. The first-order chi connectivity index (χ1) is 12.4. The lowest BCUT2D eigenvalue weighted by molar-refractivity contribution is 0.266. The number of nitrogens with one attached hydrogen (secondary N) is 1. The van der Waals surface area contributed by atoms with Gasteiger partial charge in [-0.3, -0.25) is 0 Å². The van der Waals surface area contributed by atoms with Crippen LogP contribution >= 0.6 is 15.9 Å². The molecule has 0 saturated heterocycles. The van der Waals surface area contributed by atoms with Crippen LogP contribution in [-0.2, 0) is 13.2 Å². The molecule has 2 aromatic rings. The van der Waals surface area contributed by atoms with Gasteiger partial charge in [-0.2, -0.15) is 0 Å². The van der Waals surface area contributed by atoms with Crippen LogP contribution < -0.4 is 14.8 Å². The molecule has 0 unspecified atom stereocenters. The molecule has 0 saturated carbocycles. The number of halogens is 1. The lowest BCUT2D eigenvalue weighted by Gasteiger charge is -2.25. The molecular formula is C22H30BrNO2. The Morgan fingerprint density at radius 1 is 1.08 bits per heavy atom. The molecule has 4 heteroatoms. The molecule has 2 aromatic carbocycles. The SMILES string of the molecule is CCOc1cc(CNC(C)(C)CC)cc(Br)c1OCc1ccccc1C. The summed E-state index contributed by atoms with van der Waals surface area (Å²) in [4.78, 5) is 0. The van der Waals surface area contributed by atoms with Gasteiger partial charge in [-0.05, 0) is 78.9 Å². The van der Waals surface area contributed by atoms with Crippen LogP contribution in [0.2, 0.25) is 0 Å². The lowest BCUT2D eigenvalue weighted by Crippen LogP contribution is -2.37. The largest absolute Gasteiger partial charge is 0.490 e. The molecule has 0 fully saturated rings. The van der Waals surface area contributed by atoms with Gasteiger partial charge in [-0.1, -0.05) is 31.2 Å². The predicted octanol–water partition coefficient (Wildman–Crippen LogP) is 6.01. The van der Waals surface area contributed by atoms with E-state index in [1.165, 1.54) is 16.7 Å². The van der Waals surface area contributed by atoms with Gasteiger partial charge in [-0.25, -0.2) is 0 Å². The van der Waals surface area contributed by atoms with Crippen molar-refractivity contribution >= 4 is 15.9 Å². The standard InChI is InChI=1S/C22H30BrNO2/c1-6-22(4,5)24-14-17-12-19(23)21(20(13-17)25-7-2)26-15-18-11-9-8-10-16(18)3/h8-13,24H,6-7,14-15H2,1-5H3. The number of hydrogen-bond acceptors (Lipinski definition) is 3. The average Bonchev–Trinajstić information content (AvgIpc) is 2.61. The summed E-state index contributed by atoms with van der Waals surface area (Å²) in [6.07, 6.45) is 1.07. The molecule has 0 heterocycles. The van der Waals surface area contributed by atoms with E-state index in [4.69, 9.17) is 9.47 Å². The monoisotopic (exact) mass is 419 g/mol. The van der Waals surface area contributed by atoms with Crippen molar-refractivity contribution < 1.29 is 9.47 Å². The quantitative estimate of drug-likeness (QED) is 0.539. The Morgan fingerprint density at radius 3 is 2.46 bits per heavy atom. The van der Waals surface area contributed by atoms with Crippen LogP contribution in [0.15, 0.2) is 40.9 Å². The molecule has 1 N–H and O–H groups in total. The second-order valence-electron chi connectivity index (χ2n) is 7.14. The summed E-state index contributed by atoms with van der Waals surface area (Å²) in [5.74, 6) is 1.54. The number of benzene rings is 2. The zero-order valence-corrected chi connectivity index (χ0v) is 18.1. The minimum atomic E-state index is 0.109. The summed E-state index contributed by atoms with van der Waals surface area (Å²) in [5.41, 5.74) is 3.68. The molecule has 0 aromatic heterocycles. The summed E-state index contributed by atoms with van der Waals surface area (Å²) < 4.78 is 12.9. The molecule has 0 amide bonds. The van der Waals surface area contributed by atoms with E-state index in [1.54, 1.807) is 0 Å². The van der Waals surface area contributed by atoms with Crippen molar-refractivity contribution in [3.05, 3.63) is 57.6 Å². The molecule has 0 aliphatic carbocycles. The zero-order valence-electron chi connectivity index (χ0n) is 16.5. The molecule has 0 aliphatic rings. The molecule has 142 valence electrons. The van der Waals surface area contributed by atoms with E-state index in [1.807, 2.05) is 19.1 Å². The fraction of sp³-hybridized carbons (Fsp3) is 0.455. The maximum Gasteiger partial charge on any atom is 0.175 e. The highest BCUT2D eigenvalue weighted by molar-refractivity contribution is 9.10. The molecule has 0 atom stereocenters. The Balaban J connectivity index is 2.19. The smallest absolute Gasteiger partial charge is 0.175 e. The number of hydrogen-bond donors (Lipinski definition) is 1. The van der Waals surface area contributed by atoms with Crippen molar-refractivity contribution in [1.82, 2.24) is 5.32 Å². The van der Waals surface area contributed by atoms with Gasteiger partial charge in [0.25, 0.3) is 0 Å². The van der Waals surface area contributed by atoms with E-state index in [0.717, 1.165) is 28.9 Å². The van der Waals surface area contributed by atoms with Crippen molar-refractivity contribution in [3.8, 4) is 11.5 Å². The fourth-order valence-corrected chi connectivity index (χ4v) is 3.12. The van der Waals surface area contributed by atoms with Crippen LogP contribution in [0.3, 0.4) is 0 Å². The molecule has 0 aliphatic heterocycles. The summed E-state index contributed by atoms with van der Waals surface area (Å²) >= 11 is 3.66. The van der Waals surface area contributed by atoms with Crippen molar-refractivity contribution in [2.75, 3.05) is 6.61 Å². The topological polar surface area (TPSA) is 30.5 Å². The van der Waals surface area contributed by atoms with Gasteiger partial charge in [0.2, 0.25) is 0 Å². The van der Waals surface area contributed by atoms with Gasteiger partial charge in [0.15, 0.2) is 11.5 Å². The Bertz CT molecular complexity index is 728. The zero-order chi connectivity index (χ0) is 19.2. The average molecular weight is 420 g/mol. The van der Waals surface area contributed by atoms with Gasteiger partial charge in [0.1, 0.15) is 6.61 Å². The Hall–Kier alpha value is -1.52. The first kappa shape index (κ1) is 20.8. The number of aryl methyl sites for hydroxylation is 1. The van der Waals surface area contributed by atoms with E-state index in [9.17, 15) is 0 Å². The Kier molecular flexibility index (Phi) is 7.54. The van der Waals surface area contributed by atoms with Crippen molar-refractivity contribution in [1.29, 1.82) is 0 Å². The minimum absolute atomic E-state index is 0.109. The van der Waals surface area contributed by atoms with Crippen molar-refractivity contribution in [3.63, 3.8) is 0 Å². The van der Waals surface area contributed by atoms with E-state index in [-0.39, 0.29) is 5.54 Å². The summed E-state index contributed by atoms with van der Waals surface area (Å²) in [6.45, 7) is 12.6. The normalized spacial score (nSPS) is 11.5. The summed E-state index contributed by atoms with van der Waals surface area (Å²) in [6, 6.07) is 12.4. The first-order valence-electron chi connectivity index (χ1n) is 9.24. The second-order valence-corrected chi connectivity index (χ2v) is 8.00. The van der Waals surface area contributed by atoms with Gasteiger partial charge in [0, 0.05) is 12.1 Å². The summed E-state index contributed by atoms with van der Waals surface area (Å²) in [7, 11) is 0. The predicted molar refractivity (Wildman–Crippen MR) is 112 cm³/mol. The van der Waals surface area contributed by atoms with Crippen LogP contribution in [0, 0.1) is 6.92 Å². The number of ether oxygens (including phenoxy) is 2. The van der Waals surface area contributed by atoms with E-state index in [0.29, 0.717) is 13.2 Å². The van der Waals surface area contributed by atoms with Gasteiger partial charge in [0.05, 0.1) is 11.1 Å². The third-order valence-electron chi connectivity index (χ3n) is 4.66. The molecule has 2 rings (SSSR count). The molecule has 0 radical (unpaired) electrons. The van der Waals surface area contributed by atoms with Gasteiger partial charge >= 0.3 is 0 Å². The highest BCUT2D eigenvalue weighted by Gasteiger charge is 2.16. The molecule has 0 spiro atoms.